The van der Waals surface area contributed by atoms with Crippen molar-refractivity contribution in [3.8, 4) is 10.6 Å². The average Bonchev–Trinajstić information content (AvgIpc) is 3.02. The average molecular weight is 312 g/mol. The molecule has 0 saturated carbocycles. The number of hydrogen-bond donors (Lipinski definition) is 0. The summed E-state index contributed by atoms with van der Waals surface area (Å²) < 4.78 is 46.8. The van der Waals surface area contributed by atoms with E-state index in [4.69, 9.17) is 8.22 Å². The van der Waals surface area contributed by atoms with E-state index in [1.165, 1.54) is 11.3 Å². The second-order valence-corrected chi connectivity index (χ2v) is 5.96. The lowest BCUT2D eigenvalue weighted by Gasteiger charge is -2.05. The van der Waals surface area contributed by atoms with Gasteiger partial charge >= 0.3 is 0 Å². The Kier molecular flexibility index (Phi) is 1.81. The molecule has 4 aromatic rings. The van der Waals surface area contributed by atoms with Gasteiger partial charge in [-0.1, -0.05) is 18.2 Å². The molecular formula is C17H14N4S. The van der Waals surface area contributed by atoms with E-state index in [2.05, 4.69) is 19.9 Å². The molecule has 0 aliphatic heterocycles. The van der Waals surface area contributed by atoms with Crippen molar-refractivity contribution in [1.82, 2.24) is 19.9 Å². The Balaban J connectivity index is 1.97. The number of fused-ring (bicyclic) bond motifs is 2. The summed E-state index contributed by atoms with van der Waals surface area (Å²) in [6.07, 6.45) is 0. The molecule has 0 unspecified atom stereocenters. The van der Waals surface area contributed by atoms with Crippen LogP contribution in [0.5, 0.6) is 0 Å². The minimum absolute atomic E-state index is 0.0113. The molecule has 22 heavy (non-hydrogen) atoms. The van der Waals surface area contributed by atoms with Crippen molar-refractivity contribution in [1.29, 1.82) is 0 Å². The van der Waals surface area contributed by atoms with Crippen LogP contribution in [0.3, 0.4) is 0 Å². The van der Waals surface area contributed by atoms with Crippen molar-refractivity contribution in [3.05, 3.63) is 47.4 Å². The molecule has 3 heterocycles. The molecule has 0 atom stereocenters. The van der Waals surface area contributed by atoms with E-state index in [1.807, 2.05) is 30.3 Å². The maximum Gasteiger partial charge on any atom is 0.198 e. The van der Waals surface area contributed by atoms with Gasteiger partial charge in [0.25, 0.3) is 0 Å². The second-order valence-electron chi connectivity index (χ2n) is 4.87. The third-order valence-electron chi connectivity index (χ3n) is 3.35. The van der Waals surface area contributed by atoms with Crippen molar-refractivity contribution in [2.24, 2.45) is 0 Å². The number of aromatic nitrogens is 4. The molecule has 0 amide bonds. The van der Waals surface area contributed by atoms with Crippen LogP contribution < -0.4 is 0 Å². The smallest absolute Gasteiger partial charge is 0.198 e. The molecule has 0 N–H and O–H groups in total. The lowest BCUT2D eigenvalue weighted by molar-refractivity contribution is 1.04. The second kappa shape index (κ2) is 4.81. The van der Waals surface area contributed by atoms with Gasteiger partial charge in [-0.3, -0.25) is 0 Å². The first kappa shape index (κ1) is 8.29. The lowest BCUT2D eigenvalue weighted by atomic mass is 10.2. The fourth-order valence-electron chi connectivity index (χ4n) is 2.30. The fraction of sp³-hybridized carbons (Fsp3) is 0.176. The molecule has 0 radical (unpaired) electrons. The van der Waals surface area contributed by atoms with Gasteiger partial charge in [0.05, 0.1) is 22.0 Å². The summed E-state index contributed by atoms with van der Waals surface area (Å²) in [6, 6.07) is 9.88. The lowest BCUT2D eigenvalue weighted by Crippen LogP contribution is -2.00. The summed E-state index contributed by atoms with van der Waals surface area (Å²) >= 11 is 1.54. The van der Waals surface area contributed by atoms with E-state index in [1.54, 1.807) is 6.92 Å². The monoisotopic (exact) mass is 312 g/mol. The van der Waals surface area contributed by atoms with Crippen LogP contribution in [0.25, 0.3) is 32.0 Å². The standard InChI is InChI=1S/C17H14N4S/c1-9-10(2)19-17-16(18-9)20-11(3)15(21-17)14-8-12-6-4-5-7-13(12)22-14/h4-8H,1-3H3/i1D3,2D3. The largest absolute Gasteiger partial charge is 0.229 e. The zero-order valence-corrected chi connectivity index (χ0v) is 12.4. The highest BCUT2D eigenvalue weighted by molar-refractivity contribution is 7.22. The molecule has 108 valence electrons. The van der Waals surface area contributed by atoms with Crippen LogP contribution in [-0.2, 0) is 0 Å². The van der Waals surface area contributed by atoms with Gasteiger partial charge in [0.15, 0.2) is 11.3 Å². The summed E-state index contributed by atoms with van der Waals surface area (Å²) in [4.78, 5) is 17.7. The van der Waals surface area contributed by atoms with Crippen LogP contribution in [0.1, 0.15) is 25.3 Å². The third-order valence-corrected chi connectivity index (χ3v) is 4.48. The third kappa shape index (κ3) is 2.05. The Morgan fingerprint density at radius 3 is 2.32 bits per heavy atom. The Hall–Kier alpha value is -2.40. The van der Waals surface area contributed by atoms with Gasteiger partial charge in [0.1, 0.15) is 5.69 Å². The molecule has 0 aliphatic rings. The van der Waals surface area contributed by atoms with Gasteiger partial charge in [0.2, 0.25) is 0 Å². The predicted molar refractivity (Wildman–Crippen MR) is 90.2 cm³/mol. The van der Waals surface area contributed by atoms with E-state index < -0.39 is 25.1 Å². The van der Waals surface area contributed by atoms with Gasteiger partial charge < -0.3 is 0 Å². The van der Waals surface area contributed by atoms with Crippen molar-refractivity contribution in [2.45, 2.75) is 20.6 Å². The maximum absolute atomic E-state index is 7.64. The fourth-order valence-corrected chi connectivity index (χ4v) is 3.40. The number of benzene rings is 1. The minimum Gasteiger partial charge on any atom is -0.229 e. The minimum atomic E-state index is -2.73. The van der Waals surface area contributed by atoms with E-state index in [0.29, 0.717) is 11.4 Å². The Morgan fingerprint density at radius 2 is 1.59 bits per heavy atom. The van der Waals surface area contributed by atoms with Crippen molar-refractivity contribution in [3.63, 3.8) is 0 Å². The first-order valence-electron chi connectivity index (χ1n) is 9.60. The molecule has 1 aromatic carbocycles. The highest BCUT2D eigenvalue weighted by atomic mass is 32.1. The number of thiophene rings is 1. The van der Waals surface area contributed by atoms with Gasteiger partial charge in [-0.15, -0.1) is 11.3 Å². The number of rotatable bonds is 1. The number of hydrogen-bond acceptors (Lipinski definition) is 5. The molecule has 5 heteroatoms. The summed E-state index contributed by atoms with van der Waals surface area (Å²) in [6.45, 7) is -3.69. The van der Waals surface area contributed by atoms with Crippen LogP contribution >= 0.6 is 11.3 Å². The van der Waals surface area contributed by atoms with Crippen LogP contribution in [0, 0.1) is 20.6 Å². The quantitative estimate of drug-likeness (QED) is 0.528. The predicted octanol–water partition coefficient (Wildman–Crippen LogP) is 4.23. The van der Waals surface area contributed by atoms with Gasteiger partial charge in [-0.2, -0.15) is 0 Å². The zero-order chi connectivity index (χ0) is 20.3. The first-order chi connectivity index (χ1) is 13.0. The first-order valence-corrected chi connectivity index (χ1v) is 7.42. The number of aryl methyl sites for hydroxylation is 3. The van der Waals surface area contributed by atoms with Gasteiger partial charge in [0, 0.05) is 12.9 Å². The van der Waals surface area contributed by atoms with Crippen LogP contribution in [0.2, 0.25) is 0 Å². The van der Waals surface area contributed by atoms with E-state index in [9.17, 15) is 0 Å². The molecule has 3 aromatic heterocycles. The van der Waals surface area contributed by atoms with E-state index in [-0.39, 0.29) is 11.3 Å². The summed E-state index contributed by atoms with van der Waals surface area (Å²) in [7, 11) is 0. The zero-order valence-electron chi connectivity index (χ0n) is 17.6. The summed E-state index contributed by atoms with van der Waals surface area (Å²) in [5.41, 5.74) is 0.0232. The Bertz CT molecular complexity index is 1180. The van der Waals surface area contributed by atoms with Crippen LogP contribution in [0.4, 0.5) is 0 Å². The Labute approximate surface area is 140 Å². The molecule has 0 aliphatic carbocycles. The SMILES string of the molecule is [2H]C([2H])([2H])c1nc2nc(C)c(-c3cc4ccccc4s3)nc2nc1C([2H])([2H])[2H]. The topological polar surface area (TPSA) is 51.6 Å². The maximum atomic E-state index is 7.64. The van der Waals surface area contributed by atoms with Crippen molar-refractivity contribution in [2.75, 3.05) is 0 Å². The summed E-state index contributed by atoms with van der Waals surface area (Å²) in [5, 5.41) is 1.07. The molecule has 0 fully saturated rings. The number of nitrogens with zero attached hydrogens (tertiary/aromatic N) is 4. The molecule has 0 bridgehead atoms. The van der Waals surface area contributed by atoms with Crippen molar-refractivity contribution >= 4 is 32.7 Å². The molecule has 0 saturated heterocycles. The highest BCUT2D eigenvalue weighted by Crippen LogP contribution is 2.33. The van der Waals surface area contributed by atoms with Gasteiger partial charge in [-0.05, 0) is 38.1 Å². The van der Waals surface area contributed by atoms with Crippen LogP contribution in [-0.4, -0.2) is 19.9 Å². The normalized spacial score (nSPS) is 16.6. The molecular weight excluding hydrogens is 292 g/mol. The summed E-state index contributed by atoms with van der Waals surface area (Å²) in [5.74, 6) is 0. The molecule has 0 spiro atoms. The highest BCUT2D eigenvalue weighted by Gasteiger charge is 2.13. The Morgan fingerprint density at radius 1 is 0.909 bits per heavy atom. The molecule has 4 rings (SSSR count). The van der Waals surface area contributed by atoms with Crippen LogP contribution in [0.15, 0.2) is 30.3 Å². The molecule has 4 nitrogen and oxygen atoms in total. The van der Waals surface area contributed by atoms with E-state index >= 15 is 0 Å². The van der Waals surface area contributed by atoms with Gasteiger partial charge in [-0.25, -0.2) is 19.9 Å². The van der Waals surface area contributed by atoms with E-state index in [0.717, 1.165) is 15.0 Å². The van der Waals surface area contributed by atoms with Crippen molar-refractivity contribution < 1.29 is 8.22 Å².